The third kappa shape index (κ3) is 4.25. The second-order valence-electron chi connectivity index (χ2n) is 7.24. The molecule has 0 unspecified atom stereocenters. The van der Waals surface area contributed by atoms with Crippen LogP contribution in [-0.2, 0) is 12.1 Å². The minimum atomic E-state index is -0.0401. The first-order chi connectivity index (χ1) is 9.85. The fraction of sp³-hybridized carbons (Fsp3) is 0.867. The van der Waals surface area contributed by atoms with Crippen LogP contribution in [0.1, 0.15) is 45.7 Å². The van der Waals surface area contributed by atoms with Crippen molar-refractivity contribution in [1.29, 1.82) is 0 Å². The van der Waals surface area contributed by atoms with Crippen LogP contribution in [0.4, 0.5) is 0 Å². The van der Waals surface area contributed by atoms with Gasteiger partial charge in [-0.2, -0.15) is 0 Å². The van der Waals surface area contributed by atoms with Crippen LogP contribution in [-0.4, -0.2) is 57.3 Å². The molecule has 6 heteroatoms. The van der Waals surface area contributed by atoms with Crippen LogP contribution < -0.4 is 5.32 Å². The van der Waals surface area contributed by atoms with Gasteiger partial charge in [0.05, 0.1) is 17.4 Å². The van der Waals surface area contributed by atoms with Crippen LogP contribution >= 0.6 is 0 Å². The van der Waals surface area contributed by atoms with Crippen molar-refractivity contribution in [2.24, 2.45) is 0 Å². The topological polar surface area (TPSA) is 66.2 Å². The molecule has 0 amide bonds. The molecule has 2 heterocycles. The van der Waals surface area contributed by atoms with Gasteiger partial charge in [-0.05, 0) is 60.2 Å². The van der Waals surface area contributed by atoms with E-state index in [1.54, 1.807) is 0 Å². The molecule has 2 N–H and O–H groups in total. The summed E-state index contributed by atoms with van der Waals surface area (Å²) in [6.45, 7) is 9.42. The van der Waals surface area contributed by atoms with Gasteiger partial charge in [0.25, 0.3) is 0 Å². The van der Waals surface area contributed by atoms with E-state index in [9.17, 15) is 5.11 Å². The summed E-state index contributed by atoms with van der Waals surface area (Å²) in [4.78, 5) is 2.34. The van der Waals surface area contributed by atoms with Gasteiger partial charge < -0.3 is 15.3 Å². The lowest BCUT2D eigenvalue weighted by Gasteiger charge is -2.41. The molecule has 0 aromatic carbocycles. The molecule has 0 aliphatic carbocycles. The van der Waals surface area contributed by atoms with E-state index in [0.717, 1.165) is 38.0 Å². The van der Waals surface area contributed by atoms with E-state index in [2.05, 4.69) is 48.3 Å². The highest BCUT2D eigenvalue weighted by atomic mass is 16.3. The highest BCUT2D eigenvalue weighted by Crippen LogP contribution is 2.25. The Kier molecular flexibility index (Phi) is 5.01. The Bertz CT molecular complexity index is 443. The van der Waals surface area contributed by atoms with Crippen LogP contribution in [0.3, 0.4) is 0 Å². The Morgan fingerprint density at radius 2 is 2.00 bits per heavy atom. The monoisotopic (exact) mass is 295 g/mol. The number of hydrogen-bond donors (Lipinski definition) is 2. The smallest absolute Gasteiger partial charge is 0.0965 e. The summed E-state index contributed by atoms with van der Waals surface area (Å²) in [5.41, 5.74) is 0.954. The maximum atomic E-state index is 9.37. The zero-order valence-corrected chi connectivity index (χ0v) is 13.8. The third-order valence-corrected chi connectivity index (χ3v) is 4.41. The van der Waals surface area contributed by atoms with Gasteiger partial charge in [-0.15, -0.1) is 5.10 Å². The van der Waals surface area contributed by atoms with E-state index >= 15 is 0 Å². The van der Waals surface area contributed by atoms with Crippen molar-refractivity contribution >= 4 is 0 Å². The molecule has 120 valence electrons. The summed E-state index contributed by atoms with van der Waals surface area (Å²) in [7, 11) is 2.15. The van der Waals surface area contributed by atoms with Crippen molar-refractivity contribution < 1.29 is 5.11 Å². The standard InChI is InChI=1S/C15H29N5O/c1-14(2,3)20-12-13(17-18-20)11-16-15(7-10-21)5-8-19(4)9-6-15/h12,16,21H,5-11H2,1-4H3. The lowest BCUT2D eigenvalue weighted by molar-refractivity contribution is 0.121. The van der Waals surface area contributed by atoms with Crippen LogP contribution in [0.5, 0.6) is 0 Å². The summed E-state index contributed by atoms with van der Waals surface area (Å²) in [6, 6.07) is 0. The molecule has 0 radical (unpaired) electrons. The predicted molar refractivity (Wildman–Crippen MR) is 83.0 cm³/mol. The molecule has 1 aromatic heterocycles. The molecule has 1 aliphatic rings. The first-order valence-corrected chi connectivity index (χ1v) is 7.81. The van der Waals surface area contributed by atoms with Gasteiger partial charge in [-0.1, -0.05) is 5.21 Å². The second-order valence-corrected chi connectivity index (χ2v) is 7.24. The van der Waals surface area contributed by atoms with Crippen molar-refractivity contribution in [3.05, 3.63) is 11.9 Å². The molecule has 1 saturated heterocycles. The van der Waals surface area contributed by atoms with Gasteiger partial charge in [0, 0.05) is 18.7 Å². The molecule has 0 saturated carbocycles. The third-order valence-electron chi connectivity index (χ3n) is 4.41. The average Bonchev–Trinajstić information content (AvgIpc) is 2.89. The van der Waals surface area contributed by atoms with Crippen molar-refractivity contribution in [2.45, 2.75) is 57.7 Å². The van der Waals surface area contributed by atoms with Gasteiger partial charge in [0.1, 0.15) is 0 Å². The largest absolute Gasteiger partial charge is 0.396 e. The summed E-state index contributed by atoms with van der Waals surface area (Å²) in [5.74, 6) is 0. The quantitative estimate of drug-likeness (QED) is 0.847. The van der Waals surface area contributed by atoms with Gasteiger partial charge >= 0.3 is 0 Å². The van der Waals surface area contributed by atoms with Crippen LogP contribution in [0.25, 0.3) is 0 Å². The molecule has 0 bridgehead atoms. The van der Waals surface area contributed by atoms with E-state index in [1.807, 2.05) is 10.9 Å². The zero-order valence-electron chi connectivity index (χ0n) is 13.8. The minimum Gasteiger partial charge on any atom is -0.396 e. The number of hydrogen-bond acceptors (Lipinski definition) is 5. The van der Waals surface area contributed by atoms with Crippen molar-refractivity contribution in [2.75, 3.05) is 26.7 Å². The SMILES string of the molecule is CN1CCC(CCO)(NCc2cn(C(C)(C)C)nn2)CC1. The maximum Gasteiger partial charge on any atom is 0.0965 e. The molecular formula is C15H29N5O. The summed E-state index contributed by atoms with van der Waals surface area (Å²) >= 11 is 0. The summed E-state index contributed by atoms with van der Waals surface area (Å²) in [5, 5.41) is 21.5. The first-order valence-electron chi connectivity index (χ1n) is 7.81. The Hall–Kier alpha value is -0.980. The molecule has 1 aromatic rings. The van der Waals surface area contributed by atoms with Crippen LogP contribution in [0.2, 0.25) is 0 Å². The Balaban J connectivity index is 1.97. The summed E-state index contributed by atoms with van der Waals surface area (Å²) in [6.07, 6.45) is 4.94. The van der Waals surface area contributed by atoms with E-state index in [-0.39, 0.29) is 17.7 Å². The molecular weight excluding hydrogens is 266 g/mol. The van der Waals surface area contributed by atoms with Crippen molar-refractivity contribution in [3.8, 4) is 0 Å². The van der Waals surface area contributed by atoms with E-state index in [0.29, 0.717) is 6.54 Å². The molecule has 6 nitrogen and oxygen atoms in total. The second kappa shape index (κ2) is 6.42. The van der Waals surface area contributed by atoms with E-state index in [4.69, 9.17) is 0 Å². The Labute approximate surface area is 127 Å². The molecule has 0 spiro atoms. The number of aromatic nitrogens is 3. The minimum absolute atomic E-state index is 0.0345. The Morgan fingerprint density at radius 3 is 2.52 bits per heavy atom. The first kappa shape index (κ1) is 16.4. The van der Waals surface area contributed by atoms with Crippen LogP contribution in [0.15, 0.2) is 6.20 Å². The number of likely N-dealkylation sites (tertiary alicyclic amines) is 1. The lowest BCUT2D eigenvalue weighted by Crippen LogP contribution is -2.52. The maximum absolute atomic E-state index is 9.37. The van der Waals surface area contributed by atoms with Gasteiger partial charge in [0.2, 0.25) is 0 Å². The van der Waals surface area contributed by atoms with Gasteiger partial charge in [0.15, 0.2) is 0 Å². The highest BCUT2D eigenvalue weighted by molar-refractivity contribution is 4.99. The molecule has 2 rings (SSSR count). The number of nitrogens with one attached hydrogen (secondary N) is 1. The van der Waals surface area contributed by atoms with Gasteiger partial charge in [-0.3, -0.25) is 0 Å². The predicted octanol–water partition coefficient (Wildman–Crippen LogP) is 0.969. The number of aliphatic hydroxyl groups is 1. The lowest BCUT2D eigenvalue weighted by atomic mass is 9.84. The number of nitrogens with zero attached hydrogens (tertiary/aromatic N) is 4. The zero-order chi connectivity index (χ0) is 15.5. The highest BCUT2D eigenvalue weighted by Gasteiger charge is 2.32. The van der Waals surface area contributed by atoms with Gasteiger partial charge in [-0.25, -0.2) is 4.68 Å². The normalized spacial score (nSPS) is 19.9. The van der Waals surface area contributed by atoms with Crippen LogP contribution in [0, 0.1) is 0 Å². The molecule has 21 heavy (non-hydrogen) atoms. The number of piperidine rings is 1. The molecule has 1 fully saturated rings. The van der Waals surface area contributed by atoms with Crippen molar-refractivity contribution in [3.63, 3.8) is 0 Å². The fourth-order valence-electron chi connectivity index (χ4n) is 2.76. The number of aliphatic hydroxyl groups excluding tert-OH is 1. The van der Waals surface area contributed by atoms with Crippen molar-refractivity contribution in [1.82, 2.24) is 25.2 Å². The average molecular weight is 295 g/mol. The Morgan fingerprint density at radius 1 is 1.33 bits per heavy atom. The van der Waals surface area contributed by atoms with E-state index < -0.39 is 0 Å². The molecule has 1 aliphatic heterocycles. The number of rotatable bonds is 5. The summed E-state index contributed by atoms with van der Waals surface area (Å²) < 4.78 is 1.90. The fourth-order valence-corrected chi connectivity index (χ4v) is 2.76. The van der Waals surface area contributed by atoms with E-state index in [1.165, 1.54) is 0 Å². The molecule has 0 atom stereocenters.